The highest BCUT2D eigenvalue weighted by Gasteiger charge is 2.18. The molecule has 2 aromatic carbocycles. The van der Waals surface area contributed by atoms with E-state index in [-0.39, 0.29) is 30.2 Å². The molecular formula is C23H28Cl2N2O4. The van der Waals surface area contributed by atoms with Crippen LogP contribution in [0.25, 0.3) is 11.0 Å². The van der Waals surface area contributed by atoms with Gasteiger partial charge in [-0.25, -0.2) is 0 Å². The van der Waals surface area contributed by atoms with Crippen LogP contribution in [0.3, 0.4) is 0 Å². The number of piperazine rings is 1. The first-order valence-electron chi connectivity index (χ1n) is 9.89. The van der Waals surface area contributed by atoms with Gasteiger partial charge in [0.15, 0.2) is 5.43 Å². The molecular weight excluding hydrogens is 439 g/mol. The van der Waals surface area contributed by atoms with Crippen LogP contribution < -0.4 is 19.8 Å². The van der Waals surface area contributed by atoms with E-state index >= 15 is 0 Å². The van der Waals surface area contributed by atoms with Crippen LogP contribution in [-0.2, 0) is 6.42 Å². The second kappa shape index (κ2) is 11.3. The minimum absolute atomic E-state index is 0. The number of rotatable bonds is 6. The molecule has 1 aliphatic heterocycles. The Bertz CT molecular complexity index is 1050. The van der Waals surface area contributed by atoms with Gasteiger partial charge in [0.2, 0.25) is 0 Å². The molecule has 0 radical (unpaired) electrons. The van der Waals surface area contributed by atoms with E-state index in [2.05, 4.69) is 21.9 Å². The van der Waals surface area contributed by atoms with Crippen molar-refractivity contribution in [3.8, 4) is 11.5 Å². The maximum absolute atomic E-state index is 12.5. The largest absolute Gasteiger partial charge is 0.497 e. The molecule has 8 heteroatoms. The van der Waals surface area contributed by atoms with Crippen LogP contribution >= 0.6 is 24.8 Å². The normalized spacial score (nSPS) is 13.9. The van der Waals surface area contributed by atoms with E-state index in [0.717, 1.165) is 38.5 Å². The van der Waals surface area contributed by atoms with Gasteiger partial charge in [0.1, 0.15) is 28.2 Å². The van der Waals surface area contributed by atoms with Crippen molar-refractivity contribution in [1.29, 1.82) is 0 Å². The molecule has 6 nitrogen and oxygen atoms in total. The van der Waals surface area contributed by atoms with E-state index in [1.165, 1.54) is 5.69 Å². The van der Waals surface area contributed by atoms with E-state index < -0.39 is 0 Å². The Kier molecular flexibility index (Phi) is 9.04. The molecule has 3 aromatic rings. The zero-order chi connectivity index (χ0) is 20.2. The first-order chi connectivity index (χ1) is 14.2. The number of ether oxygens (including phenoxy) is 2. The second-order valence-corrected chi connectivity index (χ2v) is 7.19. The van der Waals surface area contributed by atoms with Crippen LogP contribution in [0.15, 0.2) is 57.7 Å². The van der Waals surface area contributed by atoms with E-state index in [9.17, 15) is 4.79 Å². The lowest BCUT2D eigenvalue weighted by Gasteiger charge is -2.36. The zero-order valence-electron chi connectivity index (χ0n) is 17.7. The molecule has 4 rings (SSSR count). The number of benzene rings is 2. The molecule has 1 aromatic heterocycles. The summed E-state index contributed by atoms with van der Waals surface area (Å²) in [5, 5.41) is 0.505. The van der Waals surface area contributed by atoms with Crippen molar-refractivity contribution in [2.45, 2.75) is 6.42 Å². The monoisotopic (exact) mass is 466 g/mol. The molecule has 168 valence electrons. The van der Waals surface area contributed by atoms with Gasteiger partial charge in [-0.1, -0.05) is 12.1 Å². The summed E-state index contributed by atoms with van der Waals surface area (Å²) in [6, 6.07) is 15.2. The van der Waals surface area contributed by atoms with Gasteiger partial charge in [-0.3, -0.25) is 9.69 Å². The molecule has 0 saturated carbocycles. The Morgan fingerprint density at radius 3 is 2.39 bits per heavy atom. The van der Waals surface area contributed by atoms with Crippen LogP contribution in [0, 0.1) is 0 Å². The van der Waals surface area contributed by atoms with E-state index in [1.54, 1.807) is 26.4 Å². The summed E-state index contributed by atoms with van der Waals surface area (Å²) in [5.41, 5.74) is 1.72. The zero-order valence-corrected chi connectivity index (χ0v) is 19.3. The summed E-state index contributed by atoms with van der Waals surface area (Å²) >= 11 is 0. The highest BCUT2D eigenvalue weighted by molar-refractivity contribution is 5.85. The Hall–Kier alpha value is -2.41. The van der Waals surface area contributed by atoms with E-state index in [4.69, 9.17) is 13.9 Å². The van der Waals surface area contributed by atoms with Gasteiger partial charge in [-0.05, 0) is 24.3 Å². The number of hydrogen-bond donors (Lipinski definition) is 0. The van der Waals surface area contributed by atoms with Crippen molar-refractivity contribution in [3.05, 3.63) is 64.5 Å². The molecule has 1 fully saturated rings. The smallest absolute Gasteiger partial charge is 0.196 e. The van der Waals surface area contributed by atoms with E-state index in [0.29, 0.717) is 28.9 Å². The molecule has 0 aliphatic carbocycles. The summed E-state index contributed by atoms with van der Waals surface area (Å²) in [5.74, 6) is 2.15. The standard InChI is InChI=1S/C23H26N2O4.2ClH/c1-27-18-6-3-5-17(15-18)25-13-11-24(12-14-25)10-9-19-16-20(26)23-21(28-2)7-4-8-22(23)29-19;;/h3-8,15-16H,9-14H2,1-2H3;2*1H. The Labute approximate surface area is 194 Å². The summed E-state index contributed by atoms with van der Waals surface area (Å²) in [6.07, 6.45) is 0.710. The van der Waals surface area contributed by atoms with Crippen molar-refractivity contribution in [2.24, 2.45) is 0 Å². The molecule has 0 unspecified atom stereocenters. The molecule has 31 heavy (non-hydrogen) atoms. The second-order valence-electron chi connectivity index (χ2n) is 7.19. The van der Waals surface area contributed by atoms with Gasteiger partial charge in [0, 0.05) is 57.0 Å². The highest BCUT2D eigenvalue weighted by atomic mass is 35.5. The molecule has 0 N–H and O–H groups in total. The summed E-state index contributed by atoms with van der Waals surface area (Å²) < 4.78 is 16.6. The van der Waals surface area contributed by atoms with Gasteiger partial charge < -0.3 is 18.8 Å². The van der Waals surface area contributed by atoms with Gasteiger partial charge >= 0.3 is 0 Å². The van der Waals surface area contributed by atoms with Crippen molar-refractivity contribution in [1.82, 2.24) is 4.90 Å². The van der Waals surface area contributed by atoms with Crippen LogP contribution in [0.2, 0.25) is 0 Å². The summed E-state index contributed by atoms with van der Waals surface area (Å²) in [7, 11) is 3.26. The number of halogens is 2. The molecule has 0 bridgehead atoms. The fraction of sp³-hybridized carbons (Fsp3) is 0.348. The van der Waals surface area contributed by atoms with Crippen molar-refractivity contribution in [2.75, 3.05) is 51.8 Å². The van der Waals surface area contributed by atoms with Crippen LogP contribution in [0.5, 0.6) is 11.5 Å². The molecule has 1 saturated heterocycles. The van der Waals surface area contributed by atoms with Gasteiger partial charge in [-0.15, -0.1) is 24.8 Å². The van der Waals surface area contributed by atoms with Gasteiger partial charge in [0.25, 0.3) is 0 Å². The molecule has 1 aliphatic rings. The fourth-order valence-electron chi connectivity index (χ4n) is 3.83. The predicted octanol–water partition coefficient (Wildman–Crippen LogP) is 4.02. The number of hydrogen-bond acceptors (Lipinski definition) is 6. The van der Waals surface area contributed by atoms with Gasteiger partial charge in [-0.2, -0.15) is 0 Å². The predicted molar refractivity (Wildman–Crippen MR) is 129 cm³/mol. The Morgan fingerprint density at radius 1 is 0.935 bits per heavy atom. The number of methoxy groups -OCH3 is 2. The van der Waals surface area contributed by atoms with E-state index in [1.807, 2.05) is 24.3 Å². The molecule has 2 heterocycles. The number of fused-ring (bicyclic) bond motifs is 1. The quantitative estimate of drug-likeness (QED) is 0.546. The molecule has 0 spiro atoms. The van der Waals surface area contributed by atoms with Crippen LogP contribution in [-0.4, -0.2) is 51.8 Å². The Balaban J connectivity index is 0.00000171. The van der Waals surface area contributed by atoms with Crippen LogP contribution in [0.4, 0.5) is 5.69 Å². The topological polar surface area (TPSA) is 55.2 Å². The number of anilines is 1. The van der Waals surface area contributed by atoms with Crippen LogP contribution in [0.1, 0.15) is 5.76 Å². The highest BCUT2D eigenvalue weighted by Crippen LogP contribution is 2.24. The molecule has 0 atom stereocenters. The lowest BCUT2D eigenvalue weighted by molar-refractivity contribution is 0.255. The van der Waals surface area contributed by atoms with Crippen molar-refractivity contribution in [3.63, 3.8) is 0 Å². The minimum Gasteiger partial charge on any atom is -0.497 e. The van der Waals surface area contributed by atoms with Gasteiger partial charge in [0.05, 0.1) is 14.2 Å². The third kappa shape index (κ3) is 5.64. The summed E-state index contributed by atoms with van der Waals surface area (Å²) in [6.45, 7) is 4.74. The third-order valence-corrected chi connectivity index (χ3v) is 5.45. The first-order valence-corrected chi connectivity index (χ1v) is 9.89. The minimum atomic E-state index is -0.0541. The third-order valence-electron chi connectivity index (χ3n) is 5.45. The van der Waals surface area contributed by atoms with Crippen molar-refractivity contribution < 1.29 is 13.9 Å². The fourth-order valence-corrected chi connectivity index (χ4v) is 3.83. The lowest BCUT2D eigenvalue weighted by Crippen LogP contribution is -2.47. The average Bonchev–Trinajstić information content (AvgIpc) is 2.77. The van der Waals surface area contributed by atoms with Crippen molar-refractivity contribution >= 4 is 41.5 Å². The average molecular weight is 467 g/mol. The lowest BCUT2D eigenvalue weighted by atomic mass is 10.1. The first kappa shape index (κ1) is 24.9. The maximum Gasteiger partial charge on any atom is 0.196 e. The maximum atomic E-state index is 12.5. The summed E-state index contributed by atoms with van der Waals surface area (Å²) in [4.78, 5) is 17.3. The SMILES string of the molecule is COc1cccc(N2CCN(CCc3cc(=O)c4c(OC)cccc4o3)CC2)c1.Cl.Cl. The Morgan fingerprint density at radius 2 is 1.68 bits per heavy atom. The number of nitrogens with zero attached hydrogens (tertiary/aromatic N) is 2. The molecule has 0 amide bonds.